The fourth-order valence-electron chi connectivity index (χ4n) is 4.60. The Hall–Kier alpha value is -3.82. The molecule has 1 fully saturated rings. The number of carbonyl (C=O) groups is 1. The Morgan fingerprint density at radius 1 is 0.892 bits per heavy atom. The summed E-state index contributed by atoms with van der Waals surface area (Å²) in [6.07, 6.45) is -0.639. The molecular formula is C27H27F3N4O3. The first-order valence-electron chi connectivity index (χ1n) is 12.2. The van der Waals surface area contributed by atoms with Crippen molar-refractivity contribution in [1.29, 1.82) is 0 Å². The van der Waals surface area contributed by atoms with Gasteiger partial charge in [-0.25, -0.2) is 4.98 Å². The number of nitrogens with zero attached hydrogens (tertiary/aromatic N) is 4. The number of ether oxygens (including phenoxy) is 2. The molecular weight excluding hydrogens is 485 g/mol. The van der Waals surface area contributed by atoms with Crippen molar-refractivity contribution in [2.75, 3.05) is 31.6 Å². The van der Waals surface area contributed by atoms with Gasteiger partial charge in [-0.15, -0.1) is 0 Å². The van der Waals surface area contributed by atoms with E-state index in [1.165, 1.54) is 18.6 Å². The predicted molar refractivity (Wildman–Crippen MR) is 131 cm³/mol. The van der Waals surface area contributed by atoms with Crippen molar-refractivity contribution in [3.05, 3.63) is 70.9 Å². The maximum atomic E-state index is 13.2. The van der Waals surface area contributed by atoms with Crippen LogP contribution in [-0.2, 0) is 19.1 Å². The second-order valence-corrected chi connectivity index (χ2v) is 9.13. The van der Waals surface area contributed by atoms with E-state index in [0.29, 0.717) is 41.9 Å². The lowest BCUT2D eigenvalue weighted by Gasteiger charge is -2.32. The minimum absolute atomic E-state index is 0.194. The third kappa shape index (κ3) is 5.47. The van der Waals surface area contributed by atoms with Crippen LogP contribution >= 0.6 is 0 Å². The van der Waals surface area contributed by atoms with Crippen LogP contribution < -0.4 is 14.4 Å². The highest BCUT2D eigenvalue weighted by Crippen LogP contribution is 2.34. The van der Waals surface area contributed by atoms with Crippen molar-refractivity contribution in [2.45, 2.75) is 38.4 Å². The van der Waals surface area contributed by atoms with Gasteiger partial charge in [0.15, 0.2) is 0 Å². The van der Waals surface area contributed by atoms with E-state index < -0.39 is 11.7 Å². The number of alkyl halides is 3. The first kappa shape index (κ1) is 24.9. The van der Waals surface area contributed by atoms with E-state index in [9.17, 15) is 18.0 Å². The topological polar surface area (TPSA) is 67.8 Å². The van der Waals surface area contributed by atoms with Gasteiger partial charge in [0.25, 0.3) is 5.91 Å². The molecule has 0 aliphatic carbocycles. The van der Waals surface area contributed by atoms with Crippen LogP contribution in [0.5, 0.6) is 17.4 Å². The Labute approximate surface area is 212 Å². The molecule has 1 aromatic heterocycles. The quantitative estimate of drug-likeness (QED) is 0.451. The second kappa shape index (κ2) is 10.3. The molecule has 5 rings (SSSR count). The molecule has 0 saturated carbocycles. The van der Waals surface area contributed by atoms with Gasteiger partial charge in [-0.3, -0.25) is 4.79 Å². The monoisotopic (exact) mass is 512 g/mol. The van der Waals surface area contributed by atoms with E-state index in [-0.39, 0.29) is 18.0 Å². The molecule has 7 nitrogen and oxygen atoms in total. The minimum atomic E-state index is -4.46. The number of benzene rings is 2. The summed E-state index contributed by atoms with van der Waals surface area (Å²) in [4.78, 5) is 26.5. The SMILES string of the molecule is COc1ccc(Oc2nc(N3CCCCC3)nc3c2CN(C(=O)c2ccc(C(F)(F)F)cc2)CC3)cc1. The van der Waals surface area contributed by atoms with Crippen LogP contribution in [-0.4, -0.2) is 47.5 Å². The Bertz CT molecular complexity index is 1260. The molecule has 194 valence electrons. The average molecular weight is 513 g/mol. The lowest BCUT2D eigenvalue weighted by atomic mass is 10.0. The normalized spacial score (nSPS) is 15.8. The zero-order valence-electron chi connectivity index (χ0n) is 20.4. The lowest BCUT2D eigenvalue weighted by Crippen LogP contribution is -2.37. The fourth-order valence-corrected chi connectivity index (χ4v) is 4.60. The van der Waals surface area contributed by atoms with E-state index in [2.05, 4.69) is 4.90 Å². The summed E-state index contributed by atoms with van der Waals surface area (Å²) < 4.78 is 50.2. The maximum Gasteiger partial charge on any atom is 0.416 e. The molecule has 2 aliphatic rings. The predicted octanol–water partition coefficient (Wildman–Crippen LogP) is 5.49. The molecule has 37 heavy (non-hydrogen) atoms. The van der Waals surface area contributed by atoms with Gasteiger partial charge in [-0.1, -0.05) is 0 Å². The van der Waals surface area contributed by atoms with Crippen LogP contribution in [0.4, 0.5) is 19.1 Å². The summed E-state index contributed by atoms with van der Waals surface area (Å²) in [5.74, 6) is 1.90. The molecule has 0 bridgehead atoms. The van der Waals surface area contributed by atoms with Gasteiger partial charge in [-0.2, -0.15) is 18.2 Å². The third-order valence-electron chi connectivity index (χ3n) is 6.67. The van der Waals surface area contributed by atoms with Crippen molar-refractivity contribution in [1.82, 2.24) is 14.9 Å². The molecule has 2 aliphatic heterocycles. The number of amides is 1. The second-order valence-electron chi connectivity index (χ2n) is 9.13. The molecule has 0 atom stereocenters. The molecule has 10 heteroatoms. The molecule has 0 unspecified atom stereocenters. The van der Waals surface area contributed by atoms with Gasteiger partial charge in [0.2, 0.25) is 11.8 Å². The molecule has 0 spiro atoms. The number of halogens is 3. The van der Waals surface area contributed by atoms with Crippen molar-refractivity contribution < 1.29 is 27.4 Å². The standard InChI is InChI=1S/C27H27F3N4O3/c1-36-20-9-11-21(12-10-20)37-24-22-17-34(25(35)18-5-7-19(8-6-18)27(28,29)30)16-13-23(22)31-26(32-24)33-14-3-2-4-15-33/h5-12H,2-4,13-17H2,1H3. The summed E-state index contributed by atoms with van der Waals surface area (Å²) >= 11 is 0. The number of piperidine rings is 1. The minimum Gasteiger partial charge on any atom is -0.497 e. The zero-order valence-corrected chi connectivity index (χ0v) is 20.4. The van der Waals surface area contributed by atoms with E-state index in [1.54, 1.807) is 36.3 Å². The van der Waals surface area contributed by atoms with Crippen molar-refractivity contribution in [3.63, 3.8) is 0 Å². The Kier molecular flexibility index (Phi) is 6.90. The number of hydrogen-bond donors (Lipinski definition) is 0. The number of hydrogen-bond acceptors (Lipinski definition) is 6. The Balaban J connectivity index is 1.43. The average Bonchev–Trinajstić information content (AvgIpc) is 2.93. The summed E-state index contributed by atoms with van der Waals surface area (Å²) in [7, 11) is 1.59. The first-order chi connectivity index (χ1) is 17.8. The van der Waals surface area contributed by atoms with Gasteiger partial charge < -0.3 is 19.3 Å². The van der Waals surface area contributed by atoms with Crippen molar-refractivity contribution in [2.24, 2.45) is 0 Å². The highest BCUT2D eigenvalue weighted by molar-refractivity contribution is 5.94. The summed E-state index contributed by atoms with van der Waals surface area (Å²) in [6, 6.07) is 11.4. The third-order valence-corrected chi connectivity index (χ3v) is 6.67. The van der Waals surface area contributed by atoms with Crippen LogP contribution in [0.3, 0.4) is 0 Å². The van der Waals surface area contributed by atoms with Crippen molar-refractivity contribution in [3.8, 4) is 17.4 Å². The van der Waals surface area contributed by atoms with Gasteiger partial charge >= 0.3 is 6.18 Å². The summed E-state index contributed by atoms with van der Waals surface area (Å²) in [5, 5.41) is 0. The molecule has 0 radical (unpaired) electrons. The van der Waals surface area contributed by atoms with Gasteiger partial charge in [0.05, 0.1) is 30.5 Å². The van der Waals surface area contributed by atoms with Crippen molar-refractivity contribution >= 4 is 11.9 Å². The van der Waals surface area contributed by atoms with Gasteiger partial charge in [-0.05, 0) is 67.8 Å². The highest BCUT2D eigenvalue weighted by atomic mass is 19.4. The number of fused-ring (bicyclic) bond motifs is 1. The molecule has 1 amide bonds. The molecule has 0 N–H and O–H groups in total. The van der Waals surface area contributed by atoms with E-state index in [4.69, 9.17) is 19.4 Å². The number of carbonyl (C=O) groups excluding carboxylic acids is 1. The lowest BCUT2D eigenvalue weighted by molar-refractivity contribution is -0.137. The largest absolute Gasteiger partial charge is 0.497 e. The Morgan fingerprint density at radius 2 is 1.57 bits per heavy atom. The maximum absolute atomic E-state index is 13.2. The molecule has 1 saturated heterocycles. The van der Waals surface area contributed by atoms with E-state index in [0.717, 1.165) is 43.8 Å². The fraction of sp³-hybridized carbons (Fsp3) is 0.370. The molecule has 3 aromatic rings. The number of methoxy groups -OCH3 is 1. The highest BCUT2D eigenvalue weighted by Gasteiger charge is 2.32. The van der Waals surface area contributed by atoms with Crippen LogP contribution in [0.1, 0.15) is 46.4 Å². The van der Waals surface area contributed by atoms with Gasteiger partial charge in [0, 0.05) is 31.6 Å². The number of rotatable bonds is 5. The van der Waals surface area contributed by atoms with Crippen LogP contribution in [0, 0.1) is 0 Å². The smallest absolute Gasteiger partial charge is 0.416 e. The number of anilines is 1. The molecule has 3 heterocycles. The summed E-state index contributed by atoms with van der Waals surface area (Å²) in [5.41, 5.74) is 0.917. The number of aromatic nitrogens is 2. The Morgan fingerprint density at radius 3 is 2.22 bits per heavy atom. The first-order valence-corrected chi connectivity index (χ1v) is 12.2. The van der Waals surface area contributed by atoms with Crippen LogP contribution in [0.15, 0.2) is 48.5 Å². The van der Waals surface area contributed by atoms with E-state index >= 15 is 0 Å². The van der Waals surface area contributed by atoms with Crippen LogP contribution in [0.2, 0.25) is 0 Å². The van der Waals surface area contributed by atoms with Crippen LogP contribution in [0.25, 0.3) is 0 Å². The van der Waals surface area contributed by atoms with Gasteiger partial charge in [0.1, 0.15) is 11.5 Å². The zero-order chi connectivity index (χ0) is 26.0. The van der Waals surface area contributed by atoms with E-state index in [1.807, 2.05) is 0 Å². The summed E-state index contributed by atoms with van der Waals surface area (Å²) in [6.45, 7) is 2.34. The molecule has 2 aromatic carbocycles.